The molecule has 1 aliphatic heterocycles. The highest BCUT2D eigenvalue weighted by atomic mass is 16.6. The highest BCUT2D eigenvalue weighted by Gasteiger charge is 2.42. The third-order valence-electron chi connectivity index (χ3n) is 4.70. The van der Waals surface area contributed by atoms with Gasteiger partial charge in [-0.25, -0.2) is 4.68 Å². The summed E-state index contributed by atoms with van der Waals surface area (Å²) in [7, 11) is 1.61. The molecule has 7 heteroatoms. The summed E-state index contributed by atoms with van der Waals surface area (Å²) >= 11 is 0. The minimum atomic E-state index is -0.600. The lowest BCUT2D eigenvalue weighted by Crippen LogP contribution is -2.38. The van der Waals surface area contributed by atoms with Gasteiger partial charge in [-0.1, -0.05) is 19.9 Å². The molecule has 0 N–H and O–H groups in total. The number of rotatable bonds is 6. The number of esters is 1. The van der Waals surface area contributed by atoms with Crippen molar-refractivity contribution in [2.75, 3.05) is 13.7 Å². The third kappa shape index (κ3) is 4.44. The molecule has 0 fully saturated rings. The fourth-order valence-corrected chi connectivity index (χ4v) is 3.62. The smallest absolute Gasteiger partial charge is 0.326 e. The van der Waals surface area contributed by atoms with E-state index in [0.29, 0.717) is 17.2 Å². The van der Waals surface area contributed by atoms with Crippen molar-refractivity contribution in [3.8, 4) is 11.4 Å². The van der Waals surface area contributed by atoms with Crippen LogP contribution in [0.4, 0.5) is 0 Å². The molecule has 29 heavy (non-hydrogen) atoms. The molecule has 2 aromatic rings. The van der Waals surface area contributed by atoms with Gasteiger partial charge in [0.25, 0.3) is 5.91 Å². The molecule has 0 bridgehead atoms. The molecule has 0 saturated heterocycles. The van der Waals surface area contributed by atoms with E-state index in [2.05, 4.69) is 18.9 Å². The molecule has 156 valence electrons. The van der Waals surface area contributed by atoms with E-state index in [1.54, 1.807) is 22.9 Å². The Balaban J connectivity index is 1.98. The molecule has 1 aromatic carbocycles. The number of amides is 1. The van der Waals surface area contributed by atoms with Crippen LogP contribution in [0.15, 0.2) is 30.5 Å². The Kier molecular flexibility index (Phi) is 5.68. The van der Waals surface area contributed by atoms with Gasteiger partial charge in [0.2, 0.25) is 0 Å². The first-order valence-corrected chi connectivity index (χ1v) is 9.86. The van der Waals surface area contributed by atoms with Crippen molar-refractivity contribution in [3.05, 3.63) is 41.7 Å². The van der Waals surface area contributed by atoms with Gasteiger partial charge in [-0.05, 0) is 45.2 Å². The summed E-state index contributed by atoms with van der Waals surface area (Å²) in [6, 6.07) is 7.29. The van der Waals surface area contributed by atoms with Gasteiger partial charge in [0.1, 0.15) is 17.9 Å². The van der Waals surface area contributed by atoms with Crippen molar-refractivity contribution >= 4 is 11.9 Å². The summed E-state index contributed by atoms with van der Waals surface area (Å²) in [6.07, 6.45) is 2.30. The average Bonchev–Trinajstić information content (AvgIpc) is 3.15. The van der Waals surface area contributed by atoms with Crippen LogP contribution in [0, 0.1) is 5.92 Å². The second-order valence-electron chi connectivity index (χ2n) is 8.72. The zero-order chi connectivity index (χ0) is 21.3. The van der Waals surface area contributed by atoms with Crippen LogP contribution in [-0.4, -0.2) is 45.8 Å². The van der Waals surface area contributed by atoms with E-state index < -0.39 is 11.6 Å². The zero-order valence-corrected chi connectivity index (χ0v) is 17.9. The topological polar surface area (TPSA) is 73.7 Å². The third-order valence-corrected chi connectivity index (χ3v) is 4.70. The Labute approximate surface area is 171 Å². The Bertz CT molecular complexity index is 911. The van der Waals surface area contributed by atoms with Crippen LogP contribution in [0.5, 0.6) is 5.75 Å². The van der Waals surface area contributed by atoms with Gasteiger partial charge in [0, 0.05) is 6.07 Å². The molecule has 1 atom stereocenters. The molecule has 1 aliphatic rings. The van der Waals surface area contributed by atoms with E-state index in [9.17, 15) is 9.59 Å². The molecule has 0 saturated carbocycles. The van der Waals surface area contributed by atoms with Gasteiger partial charge in [-0.3, -0.25) is 9.59 Å². The number of benzene rings is 1. The van der Waals surface area contributed by atoms with Crippen LogP contribution in [0.1, 0.15) is 63.1 Å². The first-order valence-electron chi connectivity index (χ1n) is 9.86. The molecule has 7 nitrogen and oxygen atoms in total. The van der Waals surface area contributed by atoms with Crippen molar-refractivity contribution in [2.24, 2.45) is 5.92 Å². The summed E-state index contributed by atoms with van der Waals surface area (Å²) < 4.78 is 12.6. The van der Waals surface area contributed by atoms with Crippen LogP contribution in [0.25, 0.3) is 5.69 Å². The maximum Gasteiger partial charge on any atom is 0.326 e. The molecule has 0 aliphatic carbocycles. The number of hydrogen-bond acceptors (Lipinski definition) is 5. The molecule has 0 radical (unpaired) electrons. The normalized spacial score (nSPS) is 16.3. The Morgan fingerprint density at radius 3 is 2.62 bits per heavy atom. The number of nitrogens with zero attached hydrogens (tertiary/aromatic N) is 3. The minimum absolute atomic E-state index is 0.0831. The van der Waals surface area contributed by atoms with Gasteiger partial charge in [0.05, 0.1) is 36.3 Å². The predicted molar refractivity (Wildman–Crippen MR) is 109 cm³/mol. The summed E-state index contributed by atoms with van der Waals surface area (Å²) in [5.74, 6) is 0.437. The van der Waals surface area contributed by atoms with Gasteiger partial charge < -0.3 is 14.4 Å². The highest BCUT2D eigenvalue weighted by molar-refractivity contribution is 6.00. The highest BCUT2D eigenvalue weighted by Crippen LogP contribution is 2.39. The molecule has 1 aromatic heterocycles. The molecule has 3 rings (SSSR count). The SMILES string of the molecule is COc1cccc(-n2ncc3c2C(CC(C)C)N(CC(=O)OC(C)(C)C)C3=O)c1. The van der Waals surface area contributed by atoms with E-state index in [-0.39, 0.29) is 18.5 Å². The lowest BCUT2D eigenvalue weighted by Gasteiger charge is -2.28. The Morgan fingerprint density at radius 1 is 1.28 bits per heavy atom. The van der Waals surface area contributed by atoms with Crippen LogP contribution in [-0.2, 0) is 9.53 Å². The minimum Gasteiger partial charge on any atom is -0.497 e. The number of carbonyl (C=O) groups excluding carboxylic acids is 2. The summed E-state index contributed by atoms with van der Waals surface area (Å²) in [5, 5.41) is 4.46. The quantitative estimate of drug-likeness (QED) is 0.692. The largest absolute Gasteiger partial charge is 0.497 e. The lowest BCUT2D eigenvalue weighted by atomic mass is 10.0. The van der Waals surface area contributed by atoms with Crippen molar-refractivity contribution in [1.29, 1.82) is 0 Å². The number of hydrogen-bond donors (Lipinski definition) is 0. The second-order valence-corrected chi connectivity index (χ2v) is 8.72. The first-order chi connectivity index (χ1) is 13.6. The summed E-state index contributed by atoms with van der Waals surface area (Å²) in [6.45, 7) is 9.56. The van der Waals surface area contributed by atoms with E-state index >= 15 is 0 Å². The van der Waals surface area contributed by atoms with Gasteiger partial charge in [-0.2, -0.15) is 5.10 Å². The molecule has 1 unspecified atom stereocenters. The van der Waals surface area contributed by atoms with Crippen LogP contribution >= 0.6 is 0 Å². The monoisotopic (exact) mass is 399 g/mol. The summed E-state index contributed by atoms with van der Waals surface area (Å²) in [5.41, 5.74) is 1.55. The van der Waals surface area contributed by atoms with Gasteiger partial charge >= 0.3 is 5.97 Å². The number of aromatic nitrogens is 2. The van der Waals surface area contributed by atoms with E-state index in [4.69, 9.17) is 9.47 Å². The maximum absolute atomic E-state index is 13.1. The van der Waals surface area contributed by atoms with Crippen LogP contribution < -0.4 is 4.74 Å². The molecule has 0 spiro atoms. The molecule has 2 heterocycles. The standard InChI is InChI=1S/C22H29N3O4/c1-14(2)10-18-20-17(21(27)24(18)13-19(26)29-22(3,4)5)12-23-25(20)15-8-7-9-16(11-15)28-6/h7-9,11-12,14,18H,10,13H2,1-6H3. The number of carbonyl (C=O) groups is 2. The number of methoxy groups -OCH3 is 1. The Morgan fingerprint density at radius 2 is 2.00 bits per heavy atom. The Hall–Kier alpha value is -2.83. The van der Waals surface area contributed by atoms with Gasteiger partial charge in [-0.15, -0.1) is 0 Å². The van der Waals surface area contributed by atoms with Crippen LogP contribution in [0.2, 0.25) is 0 Å². The summed E-state index contributed by atoms with van der Waals surface area (Å²) in [4.78, 5) is 27.2. The average molecular weight is 399 g/mol. The fourth-order valence-electron chi connectivity index (χ4n) is 3.62. The first kappa shape index (κ1) is 20.9. The second kappa shape index (κ2) is 7.89. The van der Waals surface area contributed by atoms with E-state index in [1.165, 1.54) is 0 Å². The predicted octanol–water partition coefficient (Wildman–Crippen LogP) is 3.77. The zero-order valence-electron chi connectivity index (χ0n) is 17.9. The number of ether oxygens (including phenoxy) is 2. The molecular formula is C22H29N3O4. The van der Waals surface area contributed by atoms with Crippen molar-refractivity contribution in [1.82, 2.24) is 14.7 Å². The van der Waals surface area contributed by atoms with Crippen molar-refractivity contribution in [3.63, 3.8) is 0 Å². The van der Waals surface area contributed by atoms with E-state index in [0.717, 1.165) is 17.8 Å². The molecule has 1 amide bonds. The van der Waals surface area contributed by atoms with Crippen LogP contribution in [0.3, 0.4) is 0 Å². The van der Waals surface area contributed by atoms with Crippen molar-refractivity contribution < 1.29 is 19.1 Å². The maximum atomic E-state index is 13.1. The lowest BCUT2D eigenvalue weighted by molar-refractivity contribution is -0.156. The fraction of sp³-hybridized carbons (Fsp3) is 0.500. The van der Waals surface area contributed by atoms with Crippen molar-refractivity contribution in [2.45, 2.75) is 52.7 Å². The van der Waals surface area contributed by atoms with E-state index in [1.807, 2.05) is 45.0 Å². The molecular weight excluding hydrogens is 370 g/mol. The van der Waals surface area contributed by atoms with Gasteiger partial charge in [0.15, 0.2) is 0 Å². The number of fused-ring (bicyclic) bond motifs is 1.